The smallest absolute Gasteiger partial charge is 0.153 e. The molecule has 0 atom stereocenters. The molecule has 0 aliphatic rings. The standard InChI is InChI=1S/C15H22N4/c1-4-6-14-13(10-16-5-2)11-18-19(14)15-9-12(3)7-8-17-15/h7-9,11,16H,4-6,10H2,1-3H3. The van der Waals surface area contributed by atoms with Gasteiger partial charge >= 0.3 is 0 Å². The lowest BCUT2D eigenvalue weighted by atomic mass is 10.1. The molecule has 2 aromatic heterocycles. The zero-order valence-corrected chi connectivity index (χ0v) is 12.0. The van der Waals surface area contributed by atoms with Gasteiger partial charge < -0.3 is 5.32 Å². The lowest BCUT2D eigenvalue weighted by Gasteiger charge is -2.09. The van der Waals surface area contributed by atoms with Gasteiger partial charge in [0.05, 0.1) is 11.9 Å². The van der Waals surface area contributed by atoms with Crippen LogP contribution in [0.2, 0.25) is 0 Å². The number of hydrogen-bond acceptors (Lipinski definition) is 3. The molecule has 0 aromatic carbocycles. The highest BCUT2D eigenvalue weighted by Gasteiger charge is 2.12. The van der Waals surface area contributed by atoms with Gasteiger partial charge in [0.25, 0.3) is 0 Å². The molecule has 0 spiro atoms. The van der Waals surface area contributed by atoms with E-state index in [0.717, 1.165) is 31.7 Å². The summed E-state index contributed by atoms with van der Waals surface area (Å²) in [5.74, 6) is 0.909. The normalized spacial score (nSPS) is 10.9. The van der Waals surface area contributed by atoms with Gasteiger partial charge in [-0.2, -0.15) is 5.10 Å². The van der Waals surface area contributed by atoms with E-state index in [0.29, 0.717) is 0 Å². The van der Waals surface area contributed by atoms with E-state index in [9.17, 15) is 0 Å². The molecule has 0 fully saturated rings. The summed E-state index contributed by atoms with van der Waals surface area (Å²) in [7, 11) is 0. The van der Waals surface area contributed by atoms with Crippen LogP contribution < -0.4 is 5.32 Å². The molecule has 1 N–H and O–H groups in total. The SMILES string of the molecule is CCCc1c(CNCC)cnn1-c1cc(C)ccn1. The van der Waals surface area contributed by atoms with Crippen LogP contribution >= 0.6 is 0 Å². The van der Waals surface area contributed by atoms with Crippen molar-refractivity contribution in [2.45, 2.75) is 40.2 Å². The van der Waals surface area contributed by atoms with E-state index in [1.54, 1.807) is 0 Å². The van der Waals surface area contributed by atoms with Crippen molar-refractivity contribution in [2.24, 2.45) is 0 Å². The summed E-state index contributed by atoms with van der Waals surface area (Å²) in [6, 6.07) is 4.08. The summed E-state index contributed by atoms with van der Waals surface area (Å²) >= 11 is 0. The second-order valence-corrected chi connectivity index (χ2v) is 4.75. The topological polar surface area (TPSA) is 42.7 Å². The van der Waals surface area contributed by atoms with E-state index in [4.69, 9.17) is 0 Å². The highest BCUT2D eigenvalue weighted by molar-refractivity contribution is 5.31. The Hall–Kier alpha value is -1.68. The van der Waals surface area contributed by atoms with E-state index >= 15 is 0 Å². The Morgan fingerprint density at radius 3 is 2.84 bits per heavy atom. The van der Waals surface area contributed by atoms with Crippen molar-refractivity contribution >= 4 is 0 Å². The first kappa shape index (κ1) is 13.7. The number of aryl methyl sites for hydroxylation is 1. The molecular weight excluding hydrogens is 236 g/mol. The van der Waals surface area contributed by atoms with Gasteiger partial charge in [0, 0.05) is 18.3 Å². The fourth-order valence-corrected chi connectivity index (χ4v) is 2.15. The summed E-state index contributed by atoms with van der Waals surface area (Å²) in [5, 5.41) is 7.88. The Balaban J connectivity index is 2.36. The zero-order valence-electron chi connectivity index (χ0n) is 12.0. The van der Waals surface area contributed by atoms with Crippen molar-refractivity contribution in [3.8, 4) is 5.82 Å². The molecule has 0 saturated heterocycles. The second-order valence-electron chi connectivity index (χ2n) is 4.75. The highest BCUT2D eigenvalue weighted by atomic mass is 15.3. The highest BCUT2D eigenvalue weighted by Crippen LogP contribution is 2.16. The van der Waals surface area contributed by atoms with Gasteiger partial charge in [0.2, 0.25) is 0 Å². The summed E-state index contributed by atoms with van der Waals surface area (Å²) < 4.78 is 1.98. The van der Waals surface area contributed by atoms with Crippen LogP contribution in [0.1, 0.15) is 37.1 Å². The molecule has 4 heteroatoms. The average molecular weight is 258 g/mol. The zero-order chi connectivity index (χ0) is 13.7. The fourth-order valence-electron chi connectivity index (χ4n) is 2.15. The lowest BCUT2D eigenvalue weighted by molar-refractivity contribution is 0.704. The fraction of sp³-hybridized carbons (Fsp3) is 0.467. The van der Waals surface area contributed by atoms with Crippen molar-refractivity contribution in [3.63, 3.8) is 0 Å². The monoisotopic (exact) mass is 258 g/mol. The van der Waals surface area contributed by atoms with Crippen LogP contribution in [0.25, 0.3) is 5.82 Å². The molecule has 0 aliphatic carbocycles. The van der Waals surface area contributed by atoms with Gasteiger partial charge in [-0.25, -0.2) is 9.67 Å². The van der Waals surface area contributed by atoms with E-state index in [1.165, 1.54) is 16.8 Å². The summed E-state index contributed by atoms with van der Waals surface area (Å²) in [6.45, 7) is 8.23. The summed E-state index contributed by atoms with van der Waals surface area (Å²) in [6.07, 6.45) is 5.93. The number of pyridine rings is 1. The van der Waals surface area contributed by atoms with Crippen LogP contribution in [0.15, 0.2) is 24.5 Å². The maximum Gasteiger partial charge on any atom is 0.153 e. The molecule has 2 heterocycles. The first-order chi connectivity index (χ1) is 9.26. The van der Waals surface area contributed by atoms with Crippen molar-refractivity contribution in [1.29, 1.82) is 0 Å². The molecule has 19 heavy (non-hydrogen) atoms. The third-order valence-electron chi connectivity index (χ3n) is 3.13. The van der Waals surface area contributed by atoms with Crippen LogP contribution in [0, 0.1) is 6.92 Å². The maximum atomic E-state index is 4.51. The van der Waals surface area contributed by atoms with Gasteiger partial charge in [-0.15, -0.1) is 0 Å². The van der Waals surface area contributed by atoms with Gasteiger partial charge in [-0.05, 0) is 37.6 Å². The van der Waals surface area contributed by atoms with Gasteiger partial charge in [0.1, 0.15) is 0 Å². The molecular formula is C15H22N4. The van der Waals surface area contributed by atoms with Gasteiger partial charge in [-0.1, -0.05) is 20.3 Å². The number of aromatic nitrogens is 3. The molecule has 0 amide bonds. The predicted octanol–water partition coefficient (Wildman–Crippen LogP) is 2.64. The average Bonchev–Trinajstić information content (AvgIpc) is 2.80. The van der Waals surface area contributed by atoms with E-state index in [2.05, 4.69) is 42.2 Å². The molecule has 0 radical (unpaired) electrons. The van der Waals surface area contributed by atoms with Crippen LogP contribution in [0.3, 0.4) is 0 Å². The maximum absolute atomic E-state index is 4.51. The van der Waals surface area contributed by atoms with Gasteiger partial charge in [-0.3, -0.25) is 0 Å². The molecule has 102 valence electrons. The third kappa shape index (κ3) is 3.20. The Bertz CT molecular complexity index is 531. The van der Waals surface area contributed by atoms with E-state index in [1.807, 2.05) is 23.1 Å². The number of nitrogens with zero attached hydrogens (tertiary/aromatic N) is 3. The Morgan fingerprint density at radius 2 is 2.16 bits per heavy atom. The largest absolute Gasteiger partial charge is 0.313 e. The molecule has 0 unspecified atom stereocenters. The number of hydrogen-bond donors (Lipinski definition) is 1. The predicted molar refractivity (Wildman–Crippen MR) is 77.5 cm³/mol. The van der Waals surface area contributed by atoms with Crippen molar-refractivity contribution in [2.75, 3.05) is 6.54 Å². The molecule has 0 bridgehead atoms. The minimum absolute atomic E-state index is 0.873. The lowest BCUT2D eigenvalue weighted by Crippen LogP contribution is -2.13. The van der Waals surface area contributed by atoms with E-state index < -0.39 is 0 Å². The molecule has 0 saturated carbocycles. The van der Waals surface area contributed by atoms with Crippen molar-refractivity contribution in [1.82, 2.24) is 20.1 Å². The number of nitrogens with one attached hydrogen (secondary N) is 1. The quantitative estimate of drug-likeness (QED) is 0.866. The van der Waals surface area contributed by atoms with Crippen LogP contribution in [0.4, 0.5) is 0 Å². The Labute approximate surface area is 114 Å². The van der Waals surface area contributed by atoms with Crippen LogP contribution in [0.5, 0.6) is 0 Å². The molecule has 4 nitrogen and oxygen atoms in total. The summed E-state index contributed by atoms with van der Waals surface area (Å²) in [5.41, 5.74) is 3.74. The molecule has 2 aromatic rings. The minimum Gasteiger partial charge on any atom is -0.313 e. The van der Waals surface area contributed by atoms with E-state index in [-0.39, 0.29) is 0 Å². The summed E-state index contributed by atoms with van der Waals surface area (Å²) in [4.78, 5) is 4.43. The van der Waals surface area contributed by atoms with Crippen LogP contribution in [-0.4, -0.2) is 21.3 Å². The minimum atomic E-state index is 0.873. The van der Waals surface area contributed by atoms with Crippen molar-refractivity contribution in [3.05, 3.63) is 41.3 Å². The third-order valence-corrected chi connectivity index (χ3v) is 3.13. The Morgan fingerprint density at radius 1 is 1.32 bits per heavy atom. The number of rotatable bonds is 6. The van der Waals surface area contributed by atoms with Gasteiger partial charge in [0.15, 0.2) is 5.82 Å². The van der Waals surface area contributed by atoms with Crippen molar-refractivity contribution < 1.29 is 0 Å². The second kappa shape index (κ2) is 6.48. The van der Waals surface area contributed by atoms with Crippen LogP contribution in [-0.2, 0) is 13.0 Å². The first-order valence-corrected chi connectivity index (χ1v) is 6.95. The Kier molecular flexibility index (Phi) is 4.68. The molecule has 0 aliphatic heterocycles. The molecule has 2 rings (SSSR count). The first-order valence-electron chi connectivity index (χ1n) is 6.95.